The summed E-state index contributed by atoms with van der Waals surface area (Å²) in [7, 11) is 0. The molecule has 8 rings (SSSR count). The van der Waals surface area contributed by atoms with Crippen LogP contribution in [-0.2, 0) is 0 Å². The monoisotopic (exact) mass is 162 g/mol. The van der Waals surface area contributed by atoms with Crippen LogP contribution in [0.4, 0.5) is 0 Å². The molecule has 5 bridgehead atoms. The summed E-state index contributed by atoms with van der Waals surface area (Å²) in [5, 5.41) is 0. The van der Waals surface area contributed by atoms with Crippen molar-refractivity contribution in [2.24, 2.45) is 35.0 Å². The highest BCUT2D eigenvalue weighted by atomic mass is 14.9. The smallest absolute Gasteiger partial charge is 0.0227 e. The molecule has 66 valence electrons. The lowest BCUT2D eigenvalue weighted by atomic mass is 9.59. The molecule has 0 heteroatoms. The molecule has 0 nitrogen and oxygen atoms in total. The van der Waals surface area contributed by atoms with Crippen LogP contribution < -0.4 is 0 Å². The van der Waals surface area contributed by atoms with Gasteiger partial charge in [-0.2, -0.15) is 0 Å². The molecule has 8 fully saturated rings. The zero-order valence-corrected chi connectivity index (χ0v) is 7.92. The second-order valence-corrected chi connectivity index (χ2v) is 5.90. The van der Waals surface area contributed by atoms with Crippen molar-refractivity contribution in [3.05, 3.63) is 0 Å². The topological polar surface area (TPSA) is 0 Å². The van der Waals surface area contributed by atoms with Gasteiger partial charge in [0.05, 0.1) is 0 Å². The molecule has 0 aromatic carbocycles. The van der Waals surface area contributed by atoms with E-state index in [-0.39, 0.29) is 0 Å². The lowest BCUT2D eigenvalue weighted by Gasteiger charge is -2.46. The Balaban J connectivity index is 1.68. The van der Waals surface area contributed by atoms with Crippen LogP contribution in [0, 0.1) is 35.0 Å². The summed E-state index contributed by atoms with van der Waals surface area (Å²) in [5.74, 6) is 6.14. The Hall–Kier alpha value is 0. The Morgan fingerprint density at radius 2 is 2.17 bits per heavy atom. The SMILES string of the molecule is CCCC1CC2C3C4CC2(C4)C13. The van der Waals surface area contributed by atoms with Crippen LogP contribution in [0.25, 0.3) is 0 Å². The van der Waals surface area contributed by atoms with Crippen LogP contribution in [0.5, 0.6) is 0 Å². The van der Waals surface area contributed by atoms with E-state index in [9.17, 15) is 0 Å². The molecule has 0 amide bonds. The van der Waals surface area contributed by atoms with E-state index in [1.54, 1.807) is 25.7 Å². The Morgan fingerprint density at radius 1 is 1.33 bits per heavy atom. The summed E-state index contributed by atoms with van der Waals surface area (Å²) in [4.78, 5) is 0. The molecule has 0 saturated heterocycles. The van der Waals surface area contributed by atoms with Crippen molar-refractivity contribution >= 4 is 0 Å². The molecule has 4 unspecified atom stereocenters. The lowest BCUT2D eigenvalue weighted by Crippen LogP contribution is -2.40. The van der Waals surface area contributed by atoms with Gasteiger partial charge in [-0.3, -0.25) is 0 Å². The van der Waals surface area contributed by atoms with E-state index in [2.05, 4.69) is 6.92 Å². The Morgan fingerprint density at radius 3 is 2.67 bits per heavy atom. The third kappa shape index (κ3) is 0.400. The van der Waals surface area contributed by atoms with Gasteiger partial charge in [0.15, 0.2) is 0 Å². The van der Waals surface area contributed by atoms with Gasteiger partial charge in [-0.25, -0.2) is 0 Å². The summed E-state index contributed by atoms with van der Waals surface area (Å²) < 4.78 is 0. The molecule has 8 saturated carbocycles. The van der Waals surface area contributed by atoms with Crippen molar-refractivity contribution in [3.63, 3.8) is 0 Å². The Bertz CT molecular complexity index is 236. The molecule has 0 aliphatic heterocycles. The molecule has 0 aromatic heterocycles. The highest BCUT2D eigenvalue weighted by Crippen LogP contribution is 2.88. The van der Waals surface area contributed by atoms with Crippen LogP contribution in [0.2, 0.25) is 0 Å². The molecule has 0 heterocycles. The van der Waals surface area contributed by atoms with Crippen LogP contribution >= 0.6 is 0 Å². The van der Waals surface area contributed by atoms with Crippen molar-refractivity contribution in [3.8, 4) is 0 Å². The highest BCUT2D eigenvalue weighted by Gasteiger charge is 2.82. The zero-order valence-electron chi connectivity index (χ0n) is 7.92. The van der Waals surface area contributed by atoms with Crippen LogP contribution in [0.1, 0.15) is 39.0 Å². The maximum absolute atomic E-state index is 2.36. The average Bonchev–Trinajstić information content (AvgIpc) is 2.58. The van der Waals surface area contributed by atoms with Crippen molar-refractivity contribution in [1.82, 2.24) is 0 Å². The van der Waals surface area contributed by atoms with E-state index >= 15 is 0 Å². The molecule has 12 heavy (non-hydrogen) atoms. The molecule has 4 atom stereocenters. The highest BCUT2D eigenvalue weighted by molar-refractivity contribution is 5.30. The minimum absolute atomic E-state index is 0.981. The second-order valence-electron chi connectivity index (χ2n) is 5.90. The van der Waals surface area contributed by atoms with Gasteiger partial charge in [-0.15, -0.1) is 0 Å². The fraction of sp³-hybridized carbons (Fsp3) is 1.00. The molecule has 1 spiro atoms. The van der Waals surface area contributed by atoms with Crippen molar-refractivity contribution in [1.29, 1.82) is 0 Å². The third-order valence-electron chi connectivity index (χ3n) is 5.83. The number of hydrogen-bond donors (Lipinski definition) is 0. The Kier molecular flexibility index (Phi) is 0.875. The van der Waals surface area contributed by atoms with Crippen molar-refractivity contribution < 1.29 is 0 Å². The van der Waals surface area contributed by atoms with Gasteiger partial charge < -0.3 is 0 Å². The Labute approximate surface area is 74.7 Å². The summed E-state index contributed by atoms with van der Waals surface area (Å²) in [6.45, 7) is 2.36. The van der Waals surface area contributed by atoms with Crippen molar-refractivity contribution in [2.75, 3.05) is 0 Å². The summed E-state index contributed by atoms with van der Waals surface area (Å²) >= 11 is 0. The fourth-order valence-electron chi connectivity index (χ4n) is 5.85. The maximum atomic E-state index is 2.36. The van der Waals surface area contributed by atoms with Gasteiger partial charge in [0.2, 0.25) is 0 Å². The number of fused-ring (bicyclic) bond motifs is 1. The third-order valence-corrected chi connectivity index (χ3v) is 5.83. The predicted molar refractivity (Wildman–Crippen MR) is 48.6 cm³/mol. The maximum Gasteiger partial charge on any atom is -0.0227 e. The first kappa shape index (κ1) is 6.45. The fourth-order valence-corrected chi connectivity index (χ4v) is 5.85. The number of hydrogen-bond acceptors (Lipinski definition) is 0. The van der Waals surface area contributed by atoms with Gasteiger partial charge in [0, 0.05) is 0 Å². The second kappa shape index (κ2) is 1.63. The molecule has 0 N–H and O–H groups in total. The normalized spacial score (nSPS) is 69.2. The predicted octanol–water partition coefficient (Wildman–Crippen LogP) is 3.08. The molecule has 0 radical (unpaired) electrons. The summed E-state index contributed by atoms with van der Waals surface area (Å²) in [5.41, 5.74) is 0.981. The average molecular weight is 162 g/mol. The van der Waals surface area contributed by atoms with E-state index in [1.807, 2.05) is 0 Å². The van der Waals surface area contributed by atoms with Gasteiger partial charge in [0.25, 0.3) is 0 Å². The first-order chi connectivity index (χ1) is 5.87. The molecular formula is C12H18. The lowest BCUT2D eigenvalue weighted by molar-refractivity contribution is 0.0207. The van der Waals surface area contributed by atoms with Gasteiger partial charge in [-0.05, 0) is 54.3 Å². The van der Waals surface area contributed by atoms with Crippen LogP contribution in [0.15, 0.2) is 0 Å². The first-order valence-electron chi connectivity index (χ1n) is 5.87. The quantitative estimate of drug-likeness (QED) is 0.585. The summed E-state index contributed by atoms with van der Waals surface area (Å²) in [6.07, 6.45) is 7.94. The van der Waals surface area contributed by atoms with Crippen LogP contribution in [-0.4, -0.2) is 0 Å². The minimum Gasteiger partial charge on any atom is -0.0654 e. The standard InChI is InChI=1S/C12H18/c1-2-3-7-4-9-10-8-5-12(9,6-8)11(7)10/h7-11H,2-6H2,1H3. The molecule has 8 aliphatic rings. The molecular weight excluding hydrogens is 144 g/mol. The first-order valence-corrected chi connectivity index (χ1v) is 5.87. The molecule has 8 aliphatic carbocycles. The largest absolute Gasteiger partial charge is 0.0654 e. The van der Waals surface area contributed by atoms with Crippen molar-refractivity contribution in [2.45, 2.75) is 39.0 Å². The van der Waals surface area contributed by atoms with E-state index in [0.717, 1.165) is 5.41 Å². The van der Waals surface area contributed by atoms with E-state index in [1.165, 1.54) is 36.0 Å². The van der Waals surface area contributed by atoms with Gasteiger partial charge in [-0.1, -0.05) is 19.8 Å². The number of rotatable bonds is 2. The van der Waals surface area contributed by atoms with E-state index < -0.39 is 0 Å². The van der Waals surface area contributed by atoms with Crippen LogP contribution in [0.3, 0.4) is 0 Å². The van der Waals surface area contributed by atoms with E-state index in [0.29, 0.717) is 0 Å². The zero-order chi connectivity index (χ0) is 7.92. The minimum atomic E-state index is 0.981. The van der Waals surface area contributed by atoms with E-state index in [4.69, 9.17) is 0 Å². The summed E-state index contributed by atoms with van der Waals surface area (Å²) in [6, 6.07) is 0. The molecule has 0 aromatic rings. The van der Waals surface area contributed by atoms with Gasteiger partial charge in [0.1, 0.15) is 0 Å². The van der Waals surface area contributed by atoms with Gasteiger partial charge >= 0.3 is 0 Å².